The van der Waals surface area contributed by atoms with E-state index < -0.39 is 0 Å². The molecule has 2 aromatic rings. The lowest BCUT2D eigenvalue weighted by Crippen LogP contribution is -2.28. The number of thioether (sulfide) groups is 1. The molecule has 0 atom stereocenters. The third kappa shape index (κ3) is 3.10. The van der Waals surface area contributed by atoms with Crippen molar-refractivity contribution in [3.05, 3.63) is 53.6 Å². The number of nitrogens with zero attached hydrogens (tertiary/aromatic N) is 2. The van der Waals surface area contributed by atoms with Crippen LogP contribution in [0.15, 0.2) is 53.5 Å². The van der Waals surface area contributed by atoms with Crippen LogP contribution in [0.3, 0.4) is 0 Å². The fourth-order valence-corrected chi connectivity index (χ4v) is 3.07. The maximum absolute atomic E-state index is 12.2. The predicted molar refractivity (Wildman–Crippen MR) is 91.5 cm³/mol. The van der Waals surface area contributed by atoms with Gasteiger partial charge in [0.2, 0.25) is 5.91 Å². The van der Waals surface area contributed by atoms with Gasteiger partial charge >= 0.3 is 0 Å². The van der Waals surface area contributed by atoms with Crippen LogP contribution in [0, 0.1) is 0 Å². The molecule has 3 rings (SSSR count). The first-order valence-corrected chi connectivity index (χ1v) is 7.98. The normalized spacial score (nSPS) is 16.4. The number of amidine groups is 1. The third-order valence-corrected chi connectivity index (χ3v) is 4.32. The predicted octanol–water partition coefficient (Wildman–Crippen LogP) is 4.12. The number of amides is 1. The molecule has 2 aromatic carbocycles. The average Bonchev–Trinajstić information content (AvgIpc) is 2.90. The maximum atomic E-state index is 12.2. The van der Waals surface area contributed by atoms with Crippen LogP contribution in [0.1, 0.15) is 0 Å². The number of rotatable bonds is 3. The summed E-state index contributed by atoms with van der Waals surface area (Å²) in [7, 11) is 1.61. The molecule has 0 aliphatic carbocycles. The second-order valence-electron chi connectivity index (χ2n) is 4.59. The molecule has 0 unspecified atom stereocenters. The van der Waals surface area contributed by atoms with Gasteiger partial charge in [0.15, 0.2) is 5.17 Å². The molecule has 0 spiro atoms. The second kappa shape index (κ2) is 6.42. The number of methoxy groups -OCH3 is 1. The molecule has 0 N–H and O–H groups in total. The van der Waals surface area contributed by atoms with E-state index in [1.165, 1.54) is 11.8 Å². The smallest absolute Gasteiger partial charge is 0.243 e. The summed E-state index contributed by atoms with van der Waals surface area (Å²) in [6.07, 6.45) is 0. The summed E-state index contributed by atoms with van der Waals surface area (Å²) in [5, 5.41) is 1.32. The van der Waals surface area contributed by atoms with Crippen molar-refractivity contribution in [3.63, 3.8) is 0 Å². The summed E-state index contributed by atoms with van der Waals surface area (Å²) >= 11 is 7.30. The molecule has 6 heteroatoms. The van der Waals surface area contributed by atoms with Crippen LogP contribution in [0.5, 0.6) is 5.75 Å². The molecule has 0 bridgehead atoms. The third-order valence-electron chi connectivity index (χ3n) is 3.15. The van der Waals surface area contributed by atoms with Crippen molar-refractivity contribution >= 4 is 45.8 Å². The van der Waals surface area contributed by atoms with Crippen molar-refractivity contribution in [3.8, 4) is 5.75 Å². The average molecular weight is 333 g/mol. The highest BCUT2D eigenvalue weighted by Crippen LogP contribution is 2.30. The van der Waals surface area contributed by atoms with Crippen molar-refractivity contribution < 1.29 is 9.53 Å². The van der Waals surface area contributed by atoms with Gasteiger partial charge in [-0.3, -0.25) is 9.69 Å². The van der Waals surface area contributed by atoms with Gasteiger partial charge < -0.3 is 4.74 Å². The van der Waals surface area contributed by atoms with E-state index in [9.17, 15) is 4.79 Å². The molecule has 1 amide bonds. The van der Waals surface area contributed by atoms with Crippen LogP contribution in [-0.2, 0) is 4.79 Å². The van der Waals surface area contributed by atoms with Crippen molar-refractivity contribution in [2.45, 2.75) is 0 Å². The Kier molecular flexibility index (Phi) is 4.36. The lowest BCUT2D eigenvalue weighted by Gasteiger charge is -2.16. The lowest BCUT2D eigenvalue weighted by molar-refractivity contribution is -0.115. The number of benzene rings is 2. The SMILES string of the molecule is COc1ccc(N2C(=O)CSC2=Nc2ccc(Cl)cc2)cc1. The summed E-state index contributed by atoms with van der Waals surface area (Å²) in [5.41, 5.74) is 1.55. The molecule has 0 saturated carbocycles. The van der Waals surface area contributed by atoms with Crippen molar-refractivity contribution in [1.82, 2.24) is 0 Å². The van der Waals surface area contributed by atoms with Gasteiger partial charge in [-0.2, -0.15) is 0 Å². The molecule has 1 fully saturated rings. The van der Waals surface area contributed by atoms with Gasteiger partial charge in [-0.1, -0.05) is 23.4 Å². The van der Waals surface area contributed by atoms with Crippen molar-refractivity contribution in [2.24, 2.45) is 4.99 Å². The number of anilines is 1. The summed E-state index contributed by atoms with van der Waals surface area (Å²) in [4.78, 5) is 18.3. The summed E-state index contributed by atoms with van der Waals surface area (Å²) in [6.45, 7) is 0. The van der Waals surface area contributed by atoms with E-state index in [1.54, 1.807) is 24.1 Å². The van der Waals surface area contributed by atoms with Gasteiger partial charge in [-0.15, -0.1) is 0 Å². The van der Waals surface area contributed by atoms with Crippen LogP contribution in [-0.4, -0.2) is 23.9 Å². The van der Waals surface area contributed by atoms with Gasteiger partial charge in [0.25, 0.3) is 0 Å². The number of aliphatic imine (C=N–C) groups is 1. The molecule has 22 heavy (non-hydrogen) atoms. The van der Waals surface area contributed by atoms with Crippen molar-refractivity contribution in [1.29, 1.82) is 0 Å². The number of ether oxygens (including phenoxy) is 1. The maximum Gasteiger partial charge on any atom is 0.243 e. The highest BCUT2D eigenvalue weighted by atomic mass is 35.5. The zero-order valence-corrected chi connectivity index (χ0v) is 13.4. The Hall–Kier alpha value is -1.98. The van der Waals surface area contributed by atoms with Crippen LogP contribution >= 0.6 is 23.4 Å². The Labute approximate surface area is 137 Å². The highest BCUT2D eigenvalue weighted by molar-refractivity contribution is 8.15. The summed E-state index contributed by atoms with van der Waals surface area (Å²) in [5.74, 6) is 1.15. The minimum Gasteiger partial charge on any atom is -0.497 e. The van der Waals surface area contributed by atoms with Crippen molar-refractivity contribution in [2.75, 3.05) is 17.8 Å². The zero-order chi connectivity index (χ0) is 15.5. The largest absolute Gasteiger partial charge is 0.497 e. The van der Waals surface area contributed by atoms with Gasteiger partial charge in [-0.25, -0.2) is 4.99 Å². The Bertz CT molecular complexity index is 714. The molecule has 1 aliphatic rings. The molecule has 0 radical (unpaired) electrons. The standard InChI is InChI=1S/C16H13ClN2O2S/c1-21-14-8-6-13(7-9-14)19-15(20)10-22-16(19)18-12-4-2-11(17)3-5-12/h2-9H,10H2,1H3. The van der Waals surface area contributed by atoms with E-state index in [2.05, 4.69) is 4.99 Å². The van der Waals surface area contributed by atoms with E-state index in [1.807, 2.05) is 36.4 Å². The van der Waals surface area contributed by atoms with Gasteiger partial charge in [-0.05, 0) is 48.5 Å². The monoisotopic (exact) mass is 332 g/mol. The number of carbonyl (C=O) groups excluding carboxylic acids is 1. The first kappa shape index (κ1) is 14.9. The second-order valence-corrected chi connectivity index (χ2v) is 5.97. The first-order chi connectivity index (χ1) is 10.7. The highest BCUT2D eigenvalue weighted by Gasteiger charge is 2.29. The molecule has 1 heterocycles. The fourth-order valence-electron chi connectivity index (χ4n) is 2.06. The Morgan fingerprint density at radius 3 is 2.45 bits per heavy atom. The van der Waals surface area contributed by atoms with Crippen LogP contribution < -0.4 is 9.64 Å². The van der Waals surface area contributed by atoms with E-state index in [0.717, 1.165) is 17.1 Å². The minimum atomic E-state index is 0.0166. The number of halogens is 1. The number of hydrogen-bond acceptors (Lipinski definition) is 4. The first-order valence-electron chi connectivity index (χ1n) is 6.61. The molecule has 1 saturated heterocycles. The quantitative estimate of drug-likeness (QED) is 0.849. The van der Waals surface area contributed by atoms with Gasteiger partial charge in [0.05, 0.1) is 24.2 Å². The van der Waals surface area contributed by atoms with Crippen LogP contribution in [0.25, 0.3) is 0 Å². The van der Waals surface area contributed by atoms with E-state index >= 15 is 0 Å². The molecule has 1 aliphatic heterocycles. The van der Waals surface area contributed by atoms with Crippen LogP contribution in [0.2, 0.25) is 5.02 Å². The molecular weight excluding hydrogens is 320 g/mol. The van der Waals surface area contributed by atoms with Gasteiger partial charge in [0.1, 0.15) is 5.75 Å². The van der Waals surface area contributed by atoms with E-state index in [-0.39, 0.29) is 5.91 Å². The fraction of sp³-hybridized carbons (Fsp3) is 0.125. The Balaban J connectivity index is 1.92. The van der Waals surface area contributed by atoms with Gasteiger partial charge in [0, 0.05) is 5.02 Å². The summed E-state index contributed by atoms with van der Waals surface area (Å²) < 4.78 is 5.14. The van der Waals surface area contributed by atoms with E-state index in [4.69, 9.17) is 16.3 Å². The number of carbonyl (C=O) groups is 1. The molecule has 0 aromatic heterocycles. The topological polar surface area (TPSA) is 41.9 Å². The molecular formula is C16H13ClN2O2S. The lowest BCUT2D eigenvalue weighted by atomic mass is 10.3. The van der Waals surface area contributed by atoms with E-state index in [0.29, 0.717) is 15.9 Å². The molecule has 4 nitrogen and oxygen atoms in total. The van der Waals surface area contributed by atoms with Crippen LogP contribution in [0.4, 0.5) is 11.4 Å². The summed E-state index contributed by atoms with van der Waals surface area (Å²) in [6, 6.07) is 14.5. The Morgan fingerprint density at radius 1 is 1.14 bits per heavy atom. The molecule has 112 valence electrons. The Morgan fingerprint density at radius 2 is 1.82 bits per heavy atom. The zero-order valence-electron chi connectivity index (χ0n) is 11.8. The number of hydrogen-bond donors (Lipinski definition) is 0. The minimum absolute atomic E-state index is 0.0166.